The van der Waals surface area contributed by atoms with Crippen LogP contribution in [0.1, 0.15) is 24.3 Å². The predicted octanol–water partition coefficient (Wildman–Crippen LogP) is 1.54. The maximum absolute atomic E-state index is 11.6. The number of nitrogens with one attached hydrogen (secondary N) is 1. The molecule has 0 saturated heterocycles. The van der Waals surface area contributed by atoms with Crippen molar-refractivity contribution in [1.29, 1.82) is 0 Å². The first-order valence-electron chi connectivity index (χ1n) is 6.92. The van der Waals surface area contributed by atoms with Crippen LogP contribution in [0.4, 0.5) is 0 Å². The molecule has 0 bridgehead atoms. The summed E-state index contributed by atoms with van der Waals surface area (Å²) in [6, 6.07) is 5.43. The molecule has 0 unspecified atom stereocenters. The van der Waals surface area contributed by atoms with Crippen LogP contribution in [0.5, 0.6) is 11.5 Å². The van der Waals surface area contributed by atoms with E-state index in [0.29, 0.717) is 30.4 Å². The van der Waals surface area contributed by atoms with Crippen LogP contribution in [0.2, 0.25) is 0 Å². The van der Waals surface area contributed by atoms with Crippen LogP contribution in [-0.2, 0) is 0 Å². The molecule has 0 aliphatic heterocycles. The molecule has 0 spiro atoms. The smallest absolute Gasteiger partial charge is 0.285 e. The monoisotopic (exact) mass is 302 g/mol. The van der Waals surface area contributed by atoms with Gasteiger partial charge >= 0.3 is 0 Å². The van der Waals surface area contributed by atoms with Gasteiger partial charge in [-0.3, -0.25) is 15.2 Å². The fraction of sp³-hybridized carbons (Fsp3) is 0.267. The Kier molecular flexibility index (Phi) is 5.26. The summed E-state index contributed by atoms with van der Waals surface area (Å²) in [6.45, 7) is 4.87. The average Bonchev–Trinajstić information content (AvgIpc) is 2.55. The van der Waals surface area contributed by atoms with Gasteiger partial charge in [0.2, 0.25) is 0 Å². The van der Waals surface area contributed by atoms with E-state index in [4.69, 9.17) is 15.3 Å². The predicted molar refractivity (Wildman–Crippen MR) is 81.5 cm³/mol. The van der Waals surface area contributed by atoms with Gasteiger partial charge in [-0.2, -0.15) is 0 Å². The largest absolute Gasteiger partial charge is 0.494 e. The molecule has 7 heteroatoms. The number of nitrogens with zero attached hydrogens (tertiary/aromatic N) is 2. The lowest BCUT2D eigenvalue weighted by molar-refractivity contribution is 0.0948. The maximum atomic E-state index is 11.6. The molecule has 2 rings (SSSR count). The number of rotatable bonds is 6. The topological polar surface area (TPSA) is 99.4 Å². The van der Waals surface area contributed by atoms with Gasteiger partial charge in [0.15, 0.2) is 0 Å². The van der Waals surface area contributed by atoms with Crippen molar-refractivity contribution in [3.63, 3.8) is 0 Å². The van der Waals surface area contributed by atoms with Crippen LogP contribution in [0.3, 0.4) is 0 Å². The normalized spacial score (nSPS) is 10.1. The van der Waals surface area contributed by atoms with Gasteiger partial charge in [0.05, 0.1) is 31.3 Å². The third-order valence-electron chi connectivity index (χ3n) is 2.84. The van der Waals surface area contributed by atoms with E-state index >= 15 is 0 Å². The highest BCUT2D eigenvalue weighted by molar-refractivity contribution is 5.92. The van der Waals surface area contributed by atoms with Crippen LogP contribution in [0, 0.1) is 0 Å². The highest BCUT2D eigenvalue weighted by atomic mass is 16.5. The van der Waals surface area contributed by atoms with E-state index in [-0.39, 0.29) is 5.69 Å². The van der Waals surface area contributed by atoms with E-state index in [2.05, 4.69) is 9.97 Å². The molecule has 7 nitrogen and oxygen atoms in total. The first kappa shape index (κ1) is 15.7. The molecule has 1 aromatic carbocycles. The van der Waals surface area contributed by atoms with Gasteiger partial charge in [-0.1, -0.05) is 0 Å². The molecule has 22 heavy (non-hydrogen) atoms. The fourth-order valence-corrected chi connectivity index (χ4v) is 1.92. The molecule has 2 aromatic rings. The molecule has 1 amide bonds. The van der Waals surface area contributed by atoms with Crippen LogP contribution in [0.15, 0.2) is 30.6 Å². The van der Waals surface area contributed by atoms with Gasteiger partial charge in [-0.05, 0) is 26.0 Å². The minimum Gasteiger partial charge on any atom is -0.494 e. The van der Waals surface area contributed by atoms with E-state index < -0.39 is 5.91 Å². The number of amides is 1. The summed E-state index contributed by atoms with van der Waals surface area (Å²) >= 11 is 0. The van der Waals surface area contributed by atoms with Crippen molar-refractivity contribution in [2.75, 3.05) is 13.2 Å². The van der Waals surface area contributed by atoms with Crippen molar-refractivity contribution in [2.24, 2.45) is 5.84 Å². The Balaban J connectivity index is 2.44. The molecule has 0 fully saturated rings. The number of nitrogens with two attached hydrogens (primary N) is 1. The summed E-state index contributed by atoms with van der Waals surface area (Å²) in [5, 5.41) is 0. The highest BCUT2D eigenvalue weighted by Crippen LogP contribution is 2.32. The van der Waals surface area contributed by atoms with E-state index in [1.54, 1.807) is 12.3 Å². The lowest BCUT2D eigenvalue weighted by Gasteiger charge is -2.12. The second-order valence-electron chi connectivity index (χ2n) is 4.29. The molecule has 116 valence electrons. The Morgan fingerprint density at radius 2 is 2.00 bits per heavy atom. The third kappa shape index (κ3) is 3.50. The summed E-state index contributed by atoms with van der Waals surface area (Å²) in [5.74, 6) is 5.94. The fourth-order valence-electron chi connectivity index (χ4n) is 1.92. The van der Waals surface area contributed by atoms with Gasteiger partial charge in [0, 0.05) is 11.6 Å². The number of aromatic nitrogens is 2. The second-order valence-corrected chi connectivity index (χ2v) is 4.29. The van der Waals surface area contributed by atoms with Gasteiger partial charge < -0.3 is 9.47 Å². The number of nitrogen functional groups attached to an aromatic ring is 1. The molecule has 0 saturated carbocycles. The first-order valence-corrected chi connectivity index (χ1v) is 6.92. The van der Waals surface area contributed by atoms with Crippen molar-refractivity contribution in [2.45, 2.75) is 13.8 Å². The number of hydrazine groups is 1. The maximum Gasteiger partial charge on any atom is 0.285 e. The SMILES string of the molecule is CCOc1ccc(-c2cncc(C(=O)NN)n2)c(OCC)c1. The van der Waals surface area contributed by atoms with E-state index in [9.17, 15) is 4.79 Å². The zero-order valence-electron chi connectivity index (χ0n) is 12.5. The summed E-state index contributed by atoms with van der Waals surface area (Å²) in [6.07, 6.45) is 2.91. The molecule has 3 N–H and O–H groups in total. The Hall–Kier alpha value is -2.67. The number of hydrogen-bond acceptors (Lipinski definition) is 6. The highest BCUT2D eigenvalue weighted by Gasteiger charge is 2.13. The van der Waals surface area contributed by atoms with E-state index in [1.807, 2.05) is 31.4 Å². The number of carbonyl (C=O) groups excluding carboxylic acids is 1. The Bertz CT molecular complexity index is 661. The molecule has 1 aromatic heterocycles. The van der Waals surface area contributed by atoms with Crippen molar-refractivity contribution in [3.8, 4) is 22.8 Å². The zero-order chi connectivity index (χ0) is 15.9. The van der Waals surface area contributed by atoms with Crippen LogP contribution >= 0.6 is 0 Å². The van der Waals surface area contributed by atoms with Crippen LogP contribution in [0.25, 0.3) is 11.3 Å². The molecular weight excluding hydrogens is 284 g/mol. The number of hydrogen-bond donors (Lipinski definition) is 2. The molecular formula is C15H18N4O3. The van der Waals surface area contributed by atoms with E-state index in [1.165, 1.54) is 6.20 Å². The molecule has 1 heterocycles. The van der Waals surface area contributed by atoms with Gasteiger partial charge in [0.1, 0.15) is 17.2 Å². The minimum absolute atomic E-state index is 0.135. The van der Waals surface area contributed by atoms with Crippen LogP contribution < -0.4 is 20.7 Å². The Morgan fingerprint density at radius 1 is 1.23 bits per heavy atom. The van der Waals surface area contributed by atoms with E-state index in [0.717, 1.165) is 5.56 Å². The third-order valence-corrected chi connectivity index (χ3v) is 2.84. The van der Waals surface area contributed by atoms with Crippen molar-refractivity contribution in [3.05, 3.63) is 36.3 Å². The lowest BCUT2D eigenvalue weighted by atomic mass is 10.1. The Labute approximate surface area is 128 Å². The number of benzene rings is 1. The number of carbonyl (C=O) groups is 1. The molecule has 0 radical (unpaired) electrons. The van der Waals surface area contributed by atoms with Gasteiger partial charge in [-0.15, -0.1) is 0 Å². The van der Waals surface area contributed by atoms with Gasteiger partial charge in [0.25, 0.3) is 5.91 Å². The Morgan fingerprint density at radius 3 is 2.68 bits per heavy atom. The average molecular weight is 302 g/mol. The van der Waals surface area contributed by atoms with Crippen molar-refractivity contribution >= 4 is 5.91 Å². The van der Waals surface area contributed by atoms with Crippen molar-refractivity contribution < 1.29 is 14.3 Å². The minimum atomic E-state index is -0.502. The lowest BCUT2D eigenvalue weighted by Crippen LogP contribution is -2.30. The molecule has 0 aliphatic carbocycles. The summed E-state index contributed by atoms with van der Waals surface area (Å²) in [4.78, 5) is 19.8. The second kappa shape index (κ2) is 7.37. The standard InChI is InChI=1S/C15H18N4O3/c1-3-21-10-5-6-11(14(7-10)22-4-2)12-8-17-9-13(18-12)15(20)19-16/h5-9H,3-4,16H2,1-2H3,(H,19,20). The quantitative estimate of drug-likeness (QED) is 0.477. The zero-order valence-corrected chi connectivity index (χ0v) is 12.5. The first-order chi connectivity index (χ1) is 10.7. The number of ether oxygens (including phenoxy) is 2. The summed E-state index contributed by atoms with van der Waals surface area (Å²) in [7, 11) is 0. The van der Waals surface area contributed by atoms with Crippen molar-refractivity contribution in [1.82, 2.24) is 15.4 Å². The molecule has 0 atom stereocenters. The van der Waals surface area contributed by atoms with Crippen LogP contribution in [-0.4, -0.2) is 29.1 Å². The molecule has 0 aliphatic rings. The van der Waals surface area contributed by atoms with Gasteiger partial charge in [-0.25, -0.2) is 10.8 Å². The summed E-state index contributed by atoms with van der Waals surface area (Å²) in [5.41, 5.74) is 3.42. The summed E-state index contributed by atoms with van der Waals surface area (Å²) < 4.78 is 11.1.